The molecule has 0 bridgehead atoms. The highest BCUT2D eigenvalue weighted by Crippen LogP contribution is 2.41. The van der Waals surface area contributed by atoms with E-state index in [4.69, 9.17) is 21.2 Å². The smallest absolute Gasteiger partial charge is 0.255 e. The lowest BCUT2D eigenvalue weighted by Gasteiger charge is -2.23. The Labute approximate surface area is 241 Å². The zero-order valence-electron chi connectivity index (χ0n) is 24.8. The predicted octanol–water partition coefficient (Wildman–Crippen LogP) is 3.88. The molecule has 1 saturated carbocycles. The fraction of sp³-hybridized carbons (Fsp3) is 0.400. The van der Waals surface area contributed by atoms with E-state index in [2.05, 4.69) is 36.6 Å². The second-order valence-corrected chi connectivity index (χ2v) is 11.4. The van der Waals surface area contributed by atoms with Gasteiger partial charge in [-0.05, 0) is 66.5 Å². The SMILES string of the molecule is CNOc1cc(C(C)(C)C)cc(NC(=O)c2ccc(C)c(N(N)/C=C(\N)c3cnc(C(O)C4CC4)n3C)c2)c1OC. The van der Waals surface area contributed by atoms with Crippen molar-refractivity contribution in [1.29, 1.82) is 0 Å². The van der Waals surface area contributed by atoms with Crippen molar-refractivity contribution in [1.82, 2.24) is 15.0 Å². The maximum absolute atomic E-state index is 13.5. The molecule has 2 aromatic carbocycles. The van der Waals surface area contributed by atoms with Crippen molar-refractivity contribution >= 4 is 23.0 Å². The fourth-order valence-electron chi connectivity index (χ4n) is 4.62. The number of aryl methyl sites for hydroxylation is 1. The normalized spacial score (nSPS) is 14.5. The number of carbonyl (C=O) groups excluding carboxylic acids is 1. The molecule has 11 nitrogen and oxygen atoms in total. The fourth-order valence-corrected chi connectivity index (χ4v) is 4.62. The quantitative estimate of drug-likeness (QED) is 0.183. The van der Waals surface area contributed by atoms with E-state index in [0.29, 0.717) is 45.7 Å². The Hall–Kier alpha value is -4.06. The number of ether oxygens (including phenoxy) is 1. The molecule has 1 aromatic heterocycles. The van der Waals surface area contributed by atoms with Crippen molar-refractivity contribution in [2.45, 2.75) is 52.1 Å². The lowest BCUT2D eigenvalue weighted by molar-refractivity contribution is 0.102. The number of hydrogen-bond donors (Lipinski definition) is 5. The van der Waals surface area contributed by atoms with Crippen LogP contribution in [0.15, 0.2) is 42.7 Å². The Morgan fingerprint density at radius 1 is 1.27 bits per heavy atom. The Bertz CT molecular complexity index is 1450. The highest BCUT2D eigenvalue weighted by atomic mass is 16.7. The number of anilines is 2. The van der Waals surface area contributed by atoms with Crippen LogP contribution in [0.25, 0.3) is 5.70 Å². The summed E-state index contributed by atoms with van der Waals surface area (Å²) in [6, 6.07) is 9.02. The van der Waals surface area contributed by atoms with Gasteiger partial charge in [0.2, 0.25) is 0 Å². The number of aromatic nitrogens is 2. The van der Waals surface area contributed by atoms with Crippen molar-refractivity contribution in [3.63, 3.8) is 0 Å². The van der Waals surface area contributed by atoms with Crippen molar-refractivity contribution in [2.75, 3.05) is 24.5 Å². The van der Waals surface area contributed by atoms with Gasteiger partial charge in [0.15, 0.2) is 11.5 Å². The van der Waals surface area contributed by atoms with Gasteiger partial charge in [-0.1, -0.05) is 26.8 Å². The van der Waals surface area contributed by atoms with Gasteiger partial charge in [-0.2, -0.15) is 5.48 Å². The first kappa shape index (κ1) is 29.9. The molecular formula is C30H41N7O4. The Morgan fingerprint density at radius 3 is 2.59 bits per heavy atom. The summed E-state index contributed by atoms with van der Waals surface area (Å²) >= 11 is 0. The van der Waals surface area contributed by atoms with Gasteiger partial charge in [0.05, 0.1) is 36.1 Å². The molecule has 1 fully saturated rings. The molecule has 1 heterocycles. The number of rotatable bonds is 10. The summed E-state index contributed by atoms with van der Waals surface area (Å²) in [6.45, 7) is 8.12. The van der Waals surface area contributed by atoms with Gasteiger partial charge in [0.25, 0.3) is 5.91 Å². The van der Waals surface area contributed by atoms with Gasteiger partial charge in [0, 0.05) is 25.9 Å². The summed E-state index contributed by atoms with van der Waals surface area (Å²) in [5.74, 6) is 7.75. The molecule has 1 amide bonds. The number of imidazole rings is 1. The molecule has 4 rings (SSSR count). The molecule has 11 heteroatoms. The lowest BCUT2D eigenvalue weighted by Crippen LogP contribution is -2.27. The summed E-state index contributed by atoms with van der Waals surface area (Å²) in [6.07, 6.45) is 4.58. The number of hydroxylamine groups is 1. The van der Waals surface area contributed by atoms with Gasteiger partial charge in [-0.3, -0.25) is 9.80 Å². The second kappa shape index (κ2) is 11.8. The van der Waals surface area contributed by atoms with Crippen molar-refractivity contribution in [3.8, 4) is 11.5 Å². The first-order chi connectivity index (χ1) is 19.3. The average Bonchev–Trinajstić information content (AvgIpc) is 3.69. The first-order valence-electron chi connectivity index (χ1n) is 13.5. The third-order valence-electron chi connectivity index (χ3n) is 7.27. The molecule has 0 radical (unpaired) electrons. The molecular weight excluding hydrogens is 522 g/mol. The molecule has 1 unspecified atom stereocenters. The monoisotopic (exact) mass is 563 g/mol. The number of nitrogens with zero attached hydrogens (tertiary/aromatic N) is 3. The zero-order valence-corrected chi connectivity index (χ0v) is 24.8. The van der Waals surface area contributed by atoms with Crippen LogP contribution >= 0.6 is 0 Å². The maximum Gasteiger partial charge on any atom is 0.255 e. The number of benzene rings is 2. The third-order valence-corrected chi connectivity index (χ3v) is 7.27. The largest absolute Gasteiger partial charge is 0.491 e. The molecule has 7 N–H and O–H groups in total. The number of aliphatic hydroxyl groups is 1. The molecule has 220 valence electrons. The molecule has 0 saturated heterocycles. The number of amides is 1. The highest BCUT2D eigenvalue weighted by Gasteiger charge is 2.33. The van der Waals surface area contributed by atoms with Crippen molar-refractivity contribution in [3.05, 3.63) is 70.9 Å². The van der Waals surface area contributed by atoms with Gasteiger partial charge < -0.3 is 30.3 Å². The highest BCUT2D eigenvalue weighted by molar-refractivity contribution is 6.06. The minimum atomic E-state index is -0.614. The van der Waals surface area contributed by atoms with E-state index >= 15 is 0 Å². The van der Waals surface area contributed by atoms with E-state index in [1.54, 1.807) is 36.1 Å². The summed E-state index contributed by atoms with van der Waals surface area (Å²) < 4.78 is 7.37. The van der Waals surface area contributed by atoms with Gasteiger partial charge >= 0.3 is 0 Å². The summed E-state index contributed by atoms with van der Waals surface area (Å²) in [4.78, 5) is 23.4. The van der Waals surface area contributed by atoms with Gasteiger partial charge in [-0.25, -0.2) is 10.8 Å². The zero-order chi connectivity index (χ0) is 30.1. The molecule has 1 aliphatic rings. The molecule has 0 aliphatic heterocycles. The summed E-state index contributed by atoms with van der Waals surface area (Å²) in [5, 5.41) is 14.9. The number of methoxy groups -OCH3 is 1. The molecule has 0 spiro atoms. The van der Waals surface area contributed by atoms with Gasteiger partial charge in [-0.15, -0.1) is 0 Å². The number of carbonyl (C=O) groups is 1. The van der Waals surface area contributed by atoms with E-state index in [-0.39, 0.29) is 17.2 Å². The number of aliphatic hydroxyl groups excluding tert-OH is 1. The van der Waals surface area contributed by atoms with E-state index in [9.17, 15) is 9.90 Å². The van der Waals surface area contributed by atoms with Crippen molar-refractivity contribution < 1.29 is 19.5 Å². The molecule has 3 aromatic rings. The van der Waals surface area contributed by atoms with Crippen LogP contribution in [0.5, 0.6) is 11.5 Å². The van der Waals surface area contributed by atoms with Crippen LogP contribution in [0.2, 0.25) is 0 Å². The molecule has 41 heavy (non-hydrogen) atoms. The van der Waals surface area contributed by atoms with Crippen LogP contribution in [-0.4, -0.2) is 34.7 Å². The topological polar surface area (TPSA) is 153 Å². The number of hydrazine groups is 1. The number of hydrogen-bond acceptors (Lipinski definition) is 9. The Kier molecular flexibility index (Phi) is 8.62. The standard InChI is InChI=1S/C30H41N7O4/c1-17-8-9-19(29(39)35-22-13-20(30(2,3)4)14-25(41-33-5)27(22)40-7)12-23(17)37(32)16-21(31)24-15-34-28(36(24)6)26(38)18-10-11-18/h8-9,12-16,18,26,33,38H,10-11,31-32H2,1-7H3,(H,35,39)/b21-16-. The second-order valence-electron chi connectivity index (χ2n) is 11.4. The van der Waals surface area contributed by atoms with E-state index in [0.717, 1.165) is 24.0 Å². The Morgan fingerprint density at radius 2 is 1.98 bits per heavy atom. The van der Waals surface area contributed by atoms with Crippen LogP contribution in [0, 0.1) is 12.8 Å². The maximum atomic E-state index is 13.5. The van der Waals surface area contributed by atoms with Crippen LogP contribution < -0.4 is 37.0 Å². The first-order valence-corrected chi connectivity index (χ1v) is 13.5. The lowest BCUT2D eigenvalue weighted by atomic mass is 9.86. The van der Waals surface area contributed by atoms with Crippen molar-refractivity contribution in [2.24, 2.45) is 24.5 Å². The molecule has 1 atom stereocenters. The number of nitrogens with one attached hydrogen (secondary N) is 2. The van der Waals surface area contributed by atoms with Crippen LogP contribution in [0.3, 0.4) is 0 Å². The third kappa shape index (κ3) is 6.48. The van der Waals surface area contributed by atoms with E-state index in [1.165, 1.54) is 12.1 Å². The Balaban J connectivity index is 1.61. The number of nitrogens with two attached hydrogens (primary N) is 2. The van der Waals surface area contributed by atoms with Crippen LogP contribution in [0.4, 0.5) is 11.4 Å². The minimum Gasteiger partial charge on any atom is -0.491 e. The van der Waals surface area contributed by atoms with Crippen LogP contribution in [-0.2, 0) is 12.5 Å². The summed E-state index contributed by atoms with van der Waals surface area (Å²) in [5.41, 5.74) is 13.1. The average molecular weight is 564 g/mol. The summed E-state index contributed by atoms with van der Waals surface area (Å²) in [7, 11) is 4.99. The van der Waals surface area contributed by atoms with E-state index in [1.807, 2.05) is 32.2 Å². The minimum absolute atomic E-state index is 0.203. The molecule has 1 aliphatic carbocycles. The predicted molar refractivity (Wildman–Crippen MR) is 160 cm³/mol. The van der Waals surface area contributed by atoms with E-state index < -0.39 is 6.10 Å². The van der Waals surface area contributed by atoms with Crippen LogP contribution in [0.1, 0.15) is 72.7 Å². The van der Waals surface area contributed by atoms with Gasteiger partial charge in [0.1, 0.15) is 11.9 Å².